The first kappa shape index (κ1) is 13.7. The second-order valence-corrected chi connectivity index (χ2v) is 4.95. The van der Waals surface area contributed by atoms with Gasteiger partial charge in [-0.1, -0.05) is 0 Å². The lowest BCUT2D eigenvalue weighted by atomic mass is 10.0. The monoisotopic (exact) mass is 327 g/mol. The molecule has 7 nitrogen and oxygen atoms in total. The Morgan fingerprint density at radius 3 is 2.74 bits per heavy atom. The van der Waals surface area contributed by atoms with Crippen molar-refractivity contribution in [3.63, 3.8) is 0 Å². The number of aromatic nitrogens is 2. The largest absolute Gasteiger partial charge is 0.372 e. The van der Waals surface area contributed by atoms with Gasteiger partial charge >= 0.3 is 0 Å². The summed E-state index contributed by atoms with van der Waals surface area (Å²) >= 11 is 3.37. The van der Waals surface area contributed by atoms with E-state index < -0.39 is 6.04 Å². The van der Waals surface area contributed by atoms with Crippen molar-refractivity contribution in [2.75, 3.05) is 24.7 Å². The van der Waals surface area contributed by atoms with Gasteiger partial charge in [0.1, 0.15) is 28.5 Å². The van der Waals surface area contributed by atoms with E-state index in [9.17, 15) is 9.59 Å². The van der Waals surface area contributed by atoms with Crippen LogP contribution in [0.1, 0.15) is 12.8 Å². The minimum absolute atomic E-state index is 0.152. The second kappa shape index (κ2) is 5.52. The summed E-state index contributed by atoms with van der Waals surface area (Å²) in [6.07, 6.45) is 2.22. The van der Waals surface area contributed by atoms with Crippen molar-refractivity contribution in [3.05, 3.63) is 10.8 Å². The molecule has 0 spiro atoms. The molecule has 1 aliphatic heterocycles. The van der Waals surface area contributed by atoms with Crippen molar-refractivity contribution in [1.29, 1.82) is 0 Å². The van der Waals surface area contributed by atoms with Gasteiger partial charge in [0, 0.05) is 20.5 Å². The molecule has 2 amide bonds. The van der Waals surface area contributed by atoms with E-state index in [0.717, 1.165) is 4.90 Å². The molecule has 0 aromatic carbocycles. The zero-order chi connectivity index (χ0) is 14.0. The van der Waals surface area contributed by atoms with Crippen LogP contribution in [0.3, 0.4) is 0 Å². The van der Waals surface area contributed by atoms with Crippen molar-refractivity contribution >= 4 is 39.4 Å². The number of likely N-dealkylation sites (N-methyl/N-ethyl adjacent to an activating group) is 1. The zero-order valence-electron chi connectivity index (χ0n) is 10.6. The first-order chi connectivity index (χ1) is 9.04. The van der Waals surface area contributed by atoms with Crippen LogP contribution in [0.2, 0.25) is 0 Å². The Morgan fingerprint density at radius 1 is 1.37 bits per heavy atom. The lowest BCUT2D eigenvalue weighted by Crippen LogP contribution is -2.48. The molecular formula is C11H14BrN5O2. The molecule has 0 saturated carbocycles. The Labute approximate surface area is 118 Å². The van der Waals surface area contributed by atoms with Crippen LogP contribution in [0.4, 0.5) is 11.6 Å². The summed E-state index contributed by atoms with van der Waals surface area (Å²) in [6, 6.07) is -0.446. The van der Waals surface area contributed by atoms with Crippen LogP contribution in [-0.4, -0.2) is 46.8 Å². The summed E-state index contributed by atoms with van der Waals surface area (Å²) in [4.78, 5) is 32.7. The van der Waals surface area contributed by atoms with Gasteiger partial charge in [-0.05, 0) is 22.4 Å². The number of hydrogen-bond acceptors (Lipinski definition) is 6. The maximum atomic E-state index is 12.0. The topological polar surface area (TPSA) is 87.2 Å². The van der Waals surface area contributed by atoms with E-state index in [2.05, 4.69) is 36.5 Å². The van der Waals surface area contributed by atoms with E-state index in [1.54, 1.807) is 7.05 Å². The molecule has 102 valence electrons. The van der Waals surface area contributed by atoms with Gasteiger partial charge in [-0.25, -0.2) is 9.97 Å². The number of hydrogen-bond donors (Lipinski definition) is 2. The van der Waals surface area contributed by atoms with Gasteiger partial charge in [-0.2, -0.15) is 0 Å². The number of nitrogens with zero attached hydrogens (tertiary/aromatic N) is 3. The third-order valence-corrected chi connectivity index (χ3v) is 3.74. The van der Waals surface area contributed by atoms with Gasteiger partial charge in [0.2, 0.25) is 5.91 Å². The van der Waals surface area contributed by atoms with E-state index in [1.165, 1.54) is 13.4 Å². The Kier molecular flexibility index (Phi) is 3.98. The van der Waals surface area contributed by atoms with Crippen LogP contribution in [0.15, 0.2) is 10.8 Å². The third kappa shape index (κ3) is 2.67. The fourth-order valence-corrected chi connectivity index (χ4v) is 2.38. The number of halogens is 1. The zero-order valence-corrected chi connectivity index (χ0v) is 12.2. The molecule has 19 heavy (non-hydrogen) atoms. The average molecular weight is 328 g/mol. The van der Waals surface area contributed by atoms with Crippen molar-refractivity contribution in [2.24, 2.45) is 0 Å². The molecule has 0 bridgehead atoms. The maximum Gasteiger partial charge on any atom is 0.251 e. The fourth-order valence-electron chi connectivity index (χ4n) is 1.86. The molecule has 1 saturated heterocycles. The van der Waals surface area contributed by atoms with Crippen molar-refractivity contribution in [2.45, 2.75) is 18.9 Å². The lowest BCUT2D eigenvalue weighted by Gasteiger charge is -2.28. The van der Waals surface area contributed by atoms with Crippen LogP contribution >= 0.6 is 15.9 Å². The van der Waals surface area contributed by atoms with E-state index in [-0.39, 0.29) is 11.8 Å². The Balaban J connectivity index is 2.18. The molecule has 2 rings (SSSR count). The molecule has 1 aliphatic rings. The van der Waals surface area contributed by atoms with Crippen molar-refractivity contribution < 1.29 is 9.59 Å². The number of carbonyl (C=O) groups is 2. The minimum Gasteiger partial charge on any atom is -0.372 e. The highest BCUT2D eigenvalue weighted by molar-refractivity contribution is 9.10. The predicted octanol–water partition coefficient (Wildman–Crippen LogP) is 0.840. The molecule has 1 atom stereocenters. The van der Waals surface area contributed by atoms with Gasteiger partial charge in [0.15, 0.2) is 0 Å². The molecule has 2 N–H and O–H groups in total. The first-order valence-corrected chi connectivity index (χ1v) is 6.59. The summed E-state index contributed by atoms with van der Waals surface area (Å²) in [5.41, 5.74) is 0. The number of nitrogens with one attached hydrogen (secondary N) is 2. The smallest absolute Gasteiger partial charge is 0.251 e. The normalized spacial score (nSPS) is 19.5. The van der Waals surface area contributed by atoms with Crippen LogP contribution in [0.25, 0.3) is 0 Å². The number of amides is 2. The summed E-state index contributed by atoms with van der Waals surface area (Å²) in [7, 11) is 3.24. The predicted molar refractivity (Wildman–Crippen MR) is 73.7 cm³/mol. The summed E-state index contributed by atoms with van der Waals surface area (Å²) < 4.78 is 0.657. The quantitative estimate of drug-likeness (QED) is 0.800. The Morgan fingerprint density at radius 2 is 2.05 bits per heavy atom. The molecule has 1 aromatic rings. The highest BCUT2D eigenvalue weighted by Gasteiger charge is 2.32. The second-order valence-electron chi connectivity index (χ2n) is 4.16. The lowest BCUT2D eigenvalue weighted by molar-refractivity contribution is -0.146. The van der Waals surface area contributed by atoms with E-state index in [1.807, 2.05) is 0 Å². The molecule has 0 aliphatic carbocycles. The Hall–Kier alpha value is -1.70. The highest BCUT2D eigenvalue weighted by atomic mass is 79.9. The van der Waals surface area contributed by atoms with Gasteiger partial charge in [0.05, 0.1) is 0 Å². The van der Waals surface area contributed by atoms with Crippen molar-refractivity contribution in [1.82, 2.24) is 14.9 Å². The van der Waals surface area contributed by atoms with E-state index in [4.69, 9.17) is 0 Å². The molecular weight excluding hydrogens is 314 g/mol. The molecule has 1 unspecified atom stereocenters. The molecule has 1 aromatic heterocycles. The highest BCUT2D eigenvalue weighted by Crippen LogP contribution is 2.27. The number of likely N-dealkylation sites (tertiary alicyclic amines) is 1. The van der Waals surface area contributed by atoms with Crippen LogP contribution in [-0.2, 0) is 9.59 Å². The number of imide groups is 1. The van der Waals surface area contributed by atoms with E-state index in [0.29, 0.717) is 29.0 Å². The average Bonchev–Trinajstić information content (AvgIpc) is 2.41. The van der Waals surface area contributed by atoms with Gasteiger partial charge in [-0.15, -0.1) is 0 Å². The number of piperidine rings is 1. The molecule has 0 radical (unpaired) electrons. The van der Waals surface area contributed by atoms with Gasteiger partial charge < -0.3 is 10.6 Å². The maximum absolute atomic E-state index is 12.0. The van der Waals surface area contributed by atoms with E-state index >= 15 is 0 Å². The van der Waals surface area contributed by atoms with Crippen LogP contribution in [0.5, 0.6) is 0 Å². The number of carbonyl (C=O) groups excluding carboxylic acids is 2. The summed E-state index contributed by atoms with van der Waals surface area (Å²) in [5.74, 6) is 0.763. The van der Waals surface area contributed by atoms with Gasteiger partial charge in [0.25, 0.3) is 5.91 Å². The third-order valence-electron chi connectivity index (χ3n) is 2.99. The number of anilines is 2. The van der Waals surface area contributed by atoms with Crippen molar-refractivity contribution in [3.8, 4) is 0 Å². The summed E-state index contributed by atoms with van der Waals surface area (Å²) in [6.45, 7) is 0. The molecule has 2 heterocycles. The first-order valence-electron chi connectivity index (χ1n) is 5.79. The van der Waals surface area contributed by atoms with Gasteiger partial charge in [-0.3, -0.25) is 14.5 Å². The number of rotatable bonds is 3. The Bertz CT molecular complexity index is 522. The standard InChI is InChI=1S/C11H14BrN5O2/c1-13-9-8(12)10(15-5-14-9)16-6-3-4-7(18)17(2)11(6)19/h5-6H,3-4H2,1-2H3,(H2,13,14,15,16). The SMILES string of the molecule is CNc1ncnc(NC2CCC(=O)N(C)C2=O)c1Br. The minimum atomic E-state index is -0.446. The van der Waals surface area contributed by atoms with Crippen LogP contribution < -0.4 is 10.6 Å². The summed E-state index contributed by atoms with van der Waals surface area (Å²) in [5, 5.41) is 5.96. The fraction of sp³-hybridized carbons (Fsp3) is 0.455. The van der Waals surface area contributed by atoms with Crippen LogP contribution in [0, 0.1) is 0 Å². The molecule has 1 fully saturated rings. The molecule has 8 heteroatoms.